The summed E-state index contributed by atoms with van der Waals surface area (Å²) < 4.78 is 5.69. The highest BCUT2D eigenvalue weighted by Gasteiger charge is 2.26. The van der Waals surface area contributed by atoms with Crippen LogP contribution in [0, 0.1) is 0 Å². The van der Waals surface area contributed by atoms with Crippen LogP contribution in [0.3, 0.4) is 0 Å². The average molecular weight is 304 g/mol. The van der Waals surface area contributed by atoms with E-state index in [9.17, 15) is 4.79 Å². The number of piperidine rings is 1. The highest BCUT2D eigenvalue weighted by molar-refractivity contribution is 5.94. The van der Waals surface area contributed by atoms with Gasteiger partial charge in [-0.25, -0.2) is 0 Å². The number of unbranched alkanes of at least 4 members (excludes halogenated alkanes) is 2. The molecule has 122 valence electrons. The van der Waals surface area contributed by atoms with Crippen molar-refractivity contribution in [3.63, 3.8) is 0 Å². The zero-order valence-electron chi connectivity index (χ0n) is 13.6. The molecule has 4 heteroatoms. The Kier molecular flexibility index (Phi) is 6.72. The van der Waals surface area contributed by atoms with Crippen LogP contribution in [-0.2, 0) is 0 Å². The van der Waals surface area contributed by atoms with Crippen LogP contribution in [0.4, 0.5) is 0 Å². The van der Waals surface area contributed by atoms with E-state index < -0.39 is 0 Å². The Morgan fingerprint density at radius 3 is 2.73 bits per heavy atom. The SMILES string of the molecule is CCCCCOc1ccc(C(=O)N2CCCCC2CN)cc1. The molecule has 4 nitrogen and oxygen atoms in total. The molecule has 0 aliphatic carbocycles. The summed E-state index contributed by atoms with van der Waals surface area (Å²) in [7, 11) is 0. The molecule has 1 aliphatic heterocycles. The summed E-state index contributed by atoms with van der Waals surface area (Å²) in [4.78, 5) is 14.5. The van der Waals surface area contributed by atoms with E-state index in [0.717, 1.165) is 50.1 Å². The van der Waals surface area contributed by atoms with E-state index >= 15 is 0 Å². The van der Waals surface area contributed by atoms with Gasteiger partial charge >= 0.3 is 0 Å². The van der Waals surface area contributed by atoms with E-state index in [0.29, 0.717) is 6.54 Å². The van der Waals surface area contributed by atoms with E-state index in [4.69, 9.17) is 10.5 Å². The lowest BCUT2D eigenvalue weighted by Crippen LogP contribution is -2.47. The molecule has 1 fully saturated rings. The highest BCUT2D eigenvalue weighted by Crippen LogP contribution is 2.20. The molecule has 1 atom stereocenters. The largest absolute Gasteiger partial charge is 0.494 e. The number of benzene rings is 1. The number of ether oxygens (including phenoxy) is 1. The second kappa shape index (κ2) is 8.79. The average Bonchev–Trinajstić information content (AvgIpc) is 2.58. The van der Waals surface area contributed by atoms with Gasteiger partial charge in [0.25, 0.3) is 5.91 Å². The molecular formula is C18H28N2O2. The lowest BCUT2D eigenvalue weighted by atomic mass is 10.0. The maximum absolute atomic E-state index is 12.6. The zero-order chi connectivity index (χ0) is 15.8. The molecule has 0 saturated carbocycles. The van der Waals surface area contributed by atoms with Gasteiger partial charge in [0, 0.05) is 24.7 Å². The van der Waals surface area contributed by atoms with E-state index in [2.05, 4.69) is 6.92 Å². The van der Waals surface area contributed by atoms with Crippen molar-refractivity contribution in [1.82, 2.24) is 4.90 Å². The fourth-order valence-corrected chi connectivity index (χ4v) is 2.91. The summed E-state index contributed by atoms with van der Waals surface area (Å²) in [5.41, 5.74) is 6.52. The first-order valence-corrected chi connectivity index (χ1v) is 8.50. The first-order chi connectivity index (χ1) is 10.8. The van der Waals surface area contributed by atoms with Crippen LogP contribution in [0.1, 0.15) is 55.8 Å². The quantitative estimate of drug-likeness (QED) is 0.787. The van der Waals surface area contributed by atoms with Gasteiger partial charge in [0.05, 0.1) is 6.61 Å². The van der Waals surface area contributed by atoms with Crippen molar-refractivity contribution >= 4 is 5.91 Å². The Hall–Kier alpha value is -1.55. The van der Waals surface area contributed by atoms with Gasteiger partial charge in [0.1, 0.15) is 5.75 Å². The summed E-state index contributed by atoms with van der Waals surface area (Å²) in [5, 5.41) is 0. The number of rotatable bonds is 7. The van der Waals surface area contributed by atoms with Gasteiger partial charge in [-0.05, 0) is 49.9 Å². The number of hydrogen-bond acceptors (Lipinski definition) is 3. The minimum absolute atomic E-state index is 0.0904. The zero-order valence-corrected chi connectivity index (χ0v) is 13.6. The number of likely N-dealkylation sites (tertiary alicyclic amines) is 1. The number of carbonyl (C=O) groups excluding carboxylic acids is 1. The number of amides is 1. The fraction of sp³-hybridized carbons (Fsp3) is 0.611. The Balaban J connectivity index is 1.92. The normalized spacial score (nSPS) is 18.3. The van der Waals surface area contributed by atoms with Crippen molar-refractivity contribution in [3.05, 3.63) is 29.8 Å². The number of nitrogens with zero attached hydrogens (tertiary/aromatic N) is 1. The molecule has 1 unspecified atom stereocenters. The predicted molar refractivity (Wildman–Crippen MR) is 89.2 cm³/mol. The Labute approximate surface area is 133 Å². The molecule has 22 heavy (non-hydrogen) atoms. The molecule has 1 saturated heterocycles. The van der Waals surface area contributed by atoms with Gasteiger partial charge in [0.2, 0.25) is 0 Å². The van der Waals surface area contributed by atoms with Crippen molar-refractivity contribution in [2.45, 2.75) is 51.5 Å². The summed E-state index contributed by atoms with van der Waals surface area (Å²) in [5.74, 6) is 0.925. The van der Waals surface area contributed by atoms with E-state index in [1.807, 2.05) is 29.2 Å². The number of hydrogen-bond donors (Lipinski definition) is 1. The second-order valence-corrected chi connectivity index (χ2v) is 5.96. The van der Waals surface area contributed by atoms with Crippen molar-refractivity contribution in [1.29, 1.82) is 0 Å². The molecule has 0 spiro atoms. The highest BCUT2D eigenvalue weighted by atomic mass is 16.5. The van der Waals surface area contributed by atoms with Crippen LogP contribution in [0.2, 0.25) is 0 Å². The smallest absolute Gasteiger partial charge is 0.254 e. The molecule has 1 heterocycles. The third-order valence-corrected chi connectivity index (χ3v) is 4.28. The van der Waals surface area contributed by atoms with Gasteiger partial charge in [0.15, 0.2) is 0 Å². The van der Waals surface area contributed by atoms with E-state index in [-0.39, 0.29) is 11.9 Å². The van der Waals surface area contributed by atoms with Gasteiger partial charge in [-0.1, -0.05) is 19.8 Å². The van der Waals surface area contributed by atoms with E-state index in [1.54, 1.807) is 0 Å². The standard InChI is InChI=1S/C18H28N2O2/c1-2-3-6-13-22-17-10-8-15(9-11-17)18(21)20-12-5-4-7-16(20)14-19/h8-11,16H,2-7,12-14,19H2,1H3. The number of nitrogens with two attached hydrogens (primary N) is 1. The van der Waals surface area contributed by atoms with Crippen LogP contribution < -0.4 is 10.5 Å². The topological polar surface area (TPSA) is 55.6 Å². The third-order valence-electron chi connectivity index (χ3n) is 4.28. The van der Waals surface area contributed by atoms with Crippen LogP contribution in [0.15, 0.2) is 24.3 Å². The second-order valence-electron chi connectivity index (χ2n) is 5.96. The van der Waals surface area contributed by atoms with Gasteiger partial charge in [-0.15, -0.1) is 0 Å². The molecule has 1 aromatic rings. The van der Waals surface area contributed by atoms with Crippen LogP contribution >= 0.6 is 0 Å². The van der Waals surface area contributed by atoms with Gasteiger partial charge < -0.3 is 15.4 Å². The maximum atomic E-state index is 12.6. The van der Waals surface area contributed by atoms with Crippen molar-refractivity contribution in [3.8, 4) is 5.75 Å². The minimum atomic E-state index is 0.0904. The predicted octanol–water partition coefficient (Wildman–Crippen LogP) is 3.21. The molecule has 2 rings (SSSR count). The van der Waals surface area contributed by atoms with Crippen molar-refractivity contribution in [2.24, 2.45) is 5.73 Å². The van der Waals surface area contributed by atoms with Crippen LogP contribution in [0.25, 0.3) is 0 Å². The lowest BCUT2D eigenvalue weighted by molar-refractivity contribution is 0.0623. The molecule has 0 aromatic heterocycles. The Bertz CT molecular complexity index is 459. The Morgan fingerprint density at radius 1 is 1.27 bits per heavy atom. The fourth-order valence-electron chi connectivity index (χ4n) is 2.91. The van der Waals surface area contributed by atoms with Gasteiger partial charge in [-0.3, -0.25) is 4.79 Å². The molecule has 1 amide bonds. The molecular weight excluding hydrogens is 276 g/mol. The number of carbonyl (C=O) groups is 1. The first kappa shape index (κ1) is 16.8. The van der Waals surface area contributed by atoms with Crippen molar-refractivity contribution in [2.75, 3.05) is 19.7 Å². The summed E-state index contributed by atoms with van der Waals surface area (Å²) >= 11 is 0. The van der Waals surface area contributed by atoms with Crippen molar-refractivity contribution < 1.29 is 9.53 Å². The summed E-state index contributed by atoms with van der Waals surface area (Å²) in [6, 6.07) is 7.69. The molecule has 1 aromatic carbocycles. The lowest BCUT2D eigenvalue weighted by Gasteiger charge is -2.35. The van der Waals surface area contributed by atoms with Crippen LogP contribution in [-0.4, -0.2) is 36.5 Å². The van der Waals surface area contributed by atoms with Gasteiger partial charge in [-0.2, -0.15) is 0 Å². The first-order valence-electron chi connectivity index (χ1n) is 8.50. The molecule has 0 radical (unpaired) electrons. The third kappa shape index (κ3) is 4.47. The molecule has 1 aliphatic rings. The minimum Gasteiger partial charge on any atom is -0.494 e. The van der Waals surface area contributed by atoms with Crippen LogP contribution in [0.5, 0.6) is 5.75 Å². The summed E-state index contributed by atoms with van der Waals surface area (Å²) in [6.07, 6.45) is 6.70. The monoisotopic (exact) mass is 304 g/mol. The summed E-state index contributed by atoms with van der Waals surface area (Å²) in [6.45, 7) is 4.28. The maximum Gasteiger partial charge on any atom is 0.254 e. The molecule has 0 bridgehead atoms. The van der Waals surface area contributed by atoms with E-state index in [1.165, 1.54) is 12.8 Å². The Morgan fingerprint density at radius 2 is 2.05 bits per heavy atom. The molecule has 2 N–H and O–H groups in total.